The van der Waals surface area contributed by atoms with Gasteiger partial charge in [0.25, 0.3) is 0 Å². The van der Waals surface area contributed by atoms with E-state index in [1.807, 2.05) is 36.3 Å². The Labute approximate surface area is 134 Å². The first-order chi connectivity index (χ1) is 10.5. The molecule has 3 heterocycles. The Kier molecular flexibility index (Phi) is 4.49. The topological polar surface area (TPSA) is 49.9 Å². The molecule has 3 unspecified atom stereocenters. The van der Waals surface area contributed by atoms with E-state index in [-0.39, 0.29) is 30.1 Å². The van der Waals surface area contributed by atoms with Crippen LogP contribution < -0.4 is 0 Å². The molecule has 3 atom stereocenters. The molecule has 0 saturated carbocycles. The van der Waals surface area contributed by atoms with Crippen molar-refractivity contribution in [1.82, 2.24) is 9.80 Å². The predicted octanol–water partition coefficient (Wildman–Crippen LogP) is 1.87. The molecule has 2 saturated heterocycles. The molecule has 5 nitrogen and oxygen atoms in total. The second-order valence-electron chi connectivity index (χ2n) is 6.16. The Bertz CT molecular complexity index is 536. The smallest absolute Gasteiger partial charge is 0.245 e. The lowest BCUT2D eigenvalue weighted by Gasteiger charge is -2.38. The molecule has 0 aromatic carbocycles. The van der Waals surface area contributed by atoms with Crippen LogP contribution in [0.3, 0.4) is 0 Å². The minimum absolute atomic E-state index is 0.0514. The van der Waals surface area contributed by atoms with Crippen LogP contribution in [0, 0.1) is 0 Å². The number of likely N-dealkylation sites (tertiary alicyclic amines) is 1. The maximum absolute atomic E-state index is 12.9. The van der Waals surface area contributed by atoms with Crippen molar-refractivity contribution in [3.63, 3.8) is 0 Å². The number of nitrogens with zero attached hydrogens (tertiary/aromatic N) is 2. The Hall–Kier alpha value is -1.40. The van der Waals surface area contributed by atoms with Gasteiger partial charge in [0.05, 0.1) is 18.8 Å². The molecule has 0 bridgehead atoms. The Morgan fingerprint density at radius 1 is 1.36 bits per heavy atom. The molecule has 0 aliphatic carbocycles. The van der Waals surface area contributed by atoms with Gasteiger partial charge in [0, 0.05) is 24.4 Å². The normalized spacial score (nSPS) is 29.2. The summed E-state index contributed by atoms with van der Waals surface area (Å²) in [4.78, 5) is 29.8. The molecule has 1 aromatic heterocycles. The lowest BCUT2D eigenvalue weighted by atomic mass is 10.1. The minimum Gasteiger partial charge on any atom is -0.372 e. The van der Waals surface area contributed by atoms with E-state index in [4.69, 9.17) is 4.74 Å². The summed E-state index contributed by atoms with van der Waals surface area (Å²) in [7, 11) is 0. The fourth-order valence-corrected chi connectivity index (χ4v) is 4.03. The maximum atomic E-state index is 12.9. The fraction of sp³-hybridized carbons (Fsp3) is 0.625. The van der Waals surface area contributed by atoms with Crippen molar-refractivity contribution in [3.8, 4) is 0 Å². The highest BCUT2D eigenvalue weighted by molar-refractivity contribution is 7.09. The number of ether oxygens (including phenoxy) is 1. The van der Waals surface area contributed by atoms with Crippen LogP contribution in [-0.2, 0) is 20.9 Å². The molecule has 3 rings (SSSR count). The molecule has 0 N–H and O–H groups in total. The molecule has 0 radical (unpaired) electrons. The molecule has 120 valence electrons. The van der Waals surface area contributed by atoms with Gasteiger partial charge in [0.15, 0.2) is 0 Å². The average molecular weight is 322 g/mol. The van der Waals surface area contributed by atoms with Gasteiger partial charge < -0.3 is 14.5 Å². The summed E-state index contributed by atoms with van der Waals surface area (Å²) in [6.45, 7) is 5.74. The minimum atomic E-state index is -0.313. The summed E-state index contributed by atoms with van der Waals surface area (Å²) in [5.74, 6) is 0.158. The summed E-state index contributed by atoms with van der Waals surface area (Å²) in [6, 6.07) is 3.67. The van der Waals surface area contributed by atoms with Gasteiger partial charge in [-0.05, 0) is 31.7 Å². The fourth-order valence-electron chi connectivity index (χ4n) is 3.33. The van der Waals surface area contributed by atoms with E-state index in [1.54, 1.807) is 16.2 Å². The van der Waals surface area contributed by atoms with Gasteiger partial charge in [0.2, 0.25) is 11.8 Å². The Balaban J connectivity index is 1.71. The molecule has 2 fully saturated rings. The van der Waals surface area contributed by atoms with E-state index < -0.39 is 0 Å². The summed E-state index contributed by atoms with van der Waals surface area (Å²) >= 11 is 1.62. The van der Waals surface area contributed by atoms with Gasteiger partial charge in [0.1, 0.15) is 6.04 Å². The van der Waals surface area contributed by atoms with Crippen LogP contribution >= 0.6 is 11.3 Å². The quantitative estimate of drug-likeness (QED) is 0.854. The van der Waals surface area contributed by atoms with E-state index in [2.05, 4.69) is 0 Å². The van der Waals surface area contributed by atoms with E-state index in [0.717, 1.165) is 4.88 Å². The molecular weight excluding hydrogens is 300 g/mol. The van der Waals surface area contributed by atoms with Crippen LogP contribution in [0.25, 0.3) is 0 Å². The van der Waals surface area contributed by atoms with E-state index in [9.17, 15) is 9.59 Å². The monoisotopic (exact) mass is 322 g/mol. The van der Waals surface area contributed by atoms with Crippen molar-refractivity contribution in [3.05, 3.63) is 22.4 Å². The van der Waals surface area contributed by atoms with Crippen LogP contribution in [-0.4, -0.2) is 53.0 Å². The van der Waals surface area contributed by atoms with Crippen molar-refractivity contribution < 1.29 is 14.3 Å². The third-order valence-corrected chi connectivity index (χ3v) is 5.11. The number of rotatable bonds is 3. The molecule has 6 heteroatoms. The van der Waals surface area contributed by atoms with Crippen LogP contribution in [0.4, 0.5) is 0 Å². The lowest BCUT2D eigenvalue weighted by Crippen LogP contribution is -2.53. The highest BCUT2D eigenvalue weighted by atomic mass is 32.1. The first-order valence-corrected chi connectivity index (χ1v) is 8.68. The van der Waals surface area contributed by atoms with E-state index in [0.29, 0.717) is 32.5 Å². The third kappa shape index (κ3) is 3.17. The SMILES string of the molecule is CC1CN(C(=O)C2CCC(=O)N2Cc2cccs2)CC(C)O1. The summed E-state index contributed by atoms with van der Waals surface area (Å²) in [5, 5.41) is 2.00. The number of hydrogen-bond acceptors (Lipinski definition) is 4. The van der Waals surface area contributed by atoms with Crippen LogP contribution in [0.15, 0.2) is 17.5 Å². The number of amides is 2. The van der Waals surface area contributed by atoms with Gasteiger partial charge in [-0.3, -0.25) is 9.59 Å². The second-order valence-corrected chi connectivity index (χ2v) is 7.19. The van der Waals surface area contributed by atoms with Gasteiger partial charge in [-0.25, -0.2) is 0 Å². The third-order valence-electron chi connectivity index (χ3n) is 4.25. The molecule has 2 aliphatic heterocycles. The van der Waals surface area contributed by atoms with Gasteiger partial charge in [-0.1, -0.05) is 6.07 Å². The van der Waals surface area contributed by atoms with Gasteiger partial charge in [-0.2, -0.15) is 0 Å². The standard InChI is InChI=1S/C16H22N2O3S/c1-11-8-17(9-12(2)21-11)16(20)14-5-6-15(19)18(14)10-13-4-3-7-22-13/h3-4,7,11-12,14H,5-6,8-10H2,1-2H3. The highest BCUT2D eigenvalue weighted by Gasteiger charge is 2.39. The zero-order valence-electron chi connectivity index (χ0n) is 13.0. The Morgan fingerprint density at radius 2 is 2.09 bits per heavy atom. The van der Waals surface area contributed by atoms with Crippen LogP contribution in [0.1, 0.15) is 31.6 Å². The number of hydrogen-bond donors (Lipinski definition) is 0. The molecular formula is C16H22N2O3S. The second kappa shape index (κ2) is 6.38. The van der Waals surface area contributed by atoms with Gasteiger partial charge >= 0.3 is 0 Å². The van der Waals surface area contributed by atoms with Crippen molar-refractivity contribution in [1.29, 1.82) is 0 Å². The highest BCUT2D eigenvalue weighted by Crippen LogP contribution is 2.25. The average Bonchev–Trinajstić information content (AvgIpc) is 3.09. The van der Waals surface area contributed by atoms with E-state index >= 15 is 0 Å². The van der Waals surface area contributed by atoms with Crippen molar-refractivity contribution in [2.24, 2.45) is 0 Å². The lowest BCUT2D eigenvalue weighted by molar-refractivity contribution is -0.150. The molecule has 2 amide bonds. The zero-order chi connectivity index (χ0) is 15.7. The first kappa shape index (κ1) is 15.5. The van der Waals surface area contributed by atoms with Gasteiger partial charge in [-0.15, -0.1) is 11.3 Å². The molecule has 2 aliphatic rings. The predicted molar refractivity (Wildman–Crippen MR) is 84.5 cm³/mol. The van der Waals surface area contributed by atoms with E-state index in [1.165, 1.54) is 0 Å². The Morgan fingerprint density at radius 3 is 2.73 bits per heavy atom. The molecule has 1 aromatic rings. The number of morpholine rings is 1. The first-order valence-electron chi connectivity index (χ1n) is 7.80. The number of carbonyl (C=O) groups is 2. The maximum Gasteiger partial charge on any atom is 0.245 e. The summed E-state index contributed by atoms with van der Waals surface area (Å²) < 4.78 is 5.69. The largest absolute Gasteiger partial charge is 0.372 e. The van der Waals surface area contributed by atoms with Crippen LogP contribution in [0.5, 0.6) is 0 Å². The summed E-state index contributed by atoms with van der Waals surface area (Å²) in [5.41, 5.74) is 0. The molecule has 0 spiro atoms. The number of carbonyl (C=O) groups excluding carboxylic acids is 2. The zero-order valence-corrected chi connectivity index (χ0v) is 13.8. The summed E-state index contributed by atoms with van der Waals surface area (Å²) in [6.07, 6.45) is 1.20. The number of thiophene rings is 1. The van der Waals surface area contributed by atoms with Crippen LogP contribution in [0.2, 0.25) is 0 Å². The van der Waals surface area contributed by atoms with Crippen molar-refractivity contribution in [2.75, 3.05) is 13.1 Å². The van der Waals surface area contributed by atoms with Crippen molar-refractivity contribution >= 4 is 23.2 Å². The van der Waals surface area contributed by atoms with Crippen molar-refractivity contribution in [2.45, 2.75) is 51.5 Å². The molecule has 22 heavy (non-hydrogen) atoms.